The molecular weight excluding hydrogens is 266 g/mol. The fourth-order valence-electron chi connectivity index (χ4n) is 1.95. The Bertz CT molecular complexity index is 614. The molecule has 0 aliphatic rings. The van der Waals surface area contributed by atoms with Crippen LogP contribution in [0.15, 0.2) is 42.6 Å². The van der Waals surface area contributed by atoms with Crippen molar-refractivity contribution in [3.8, 4) is 5.88 Å². The second-order valence-electron chi connectivity index (χ2n) is 4.48. The van der Waals surface area contributed by atoms with E-state index < -0.39 is 0 Å². The van der Waals surface area contributed by atoms with Crippen molar-refractivity contribution in [2.24, 2.45) is 0 Å². The number of hydrogen-bond donors (Lipinski definition) is 2. The van der Waals surface area contributed by atoms with Gasteiger partial charge in [0.15, 0.2) is 0 Å². The number of carbonyl (C=O) groups excluding carboxylic acids is 1. The van der Waals surface area contributed by atoms with Gasteiger partial charge in [-0.3, -0.25) is 4.79 Å². The lowest BCUT2D eigenvalue weighted by atomic mass is 10.1. The Hall–Kier alpha value is -2.56. The first-order valence-electron chi connectivity index (χ1n) is 6.88. The summed E-state index contributed by atoms with van der Waals surface area (Å²) in [6.07, 6.45) is 1.70. The van der Waals surface area contributed by atoms with Gasteiger partial charge >= 0.3 is 0 Å². The molecule has 110 valence electrons. The Kier molecular flexibility index (Phi) is 5.15. The minimum atomic E-state index is -0.0844. The third-order valence-corrected chi connectivity index (χ3v) is 2.85. The van der Waals surface area contributed by atoms with Crippen LogP contribution in [0.25, 0.3) is 0 Å². The van der Waals surface area contributed by atoms with Crippen LogP contribution >= 0.6 is 0 Å². The van der Waals surface area contributed by atoms with Gasteiger partial charge in [-0.15, -0.1) is 0 Å². The molecule has 2 rings (SSSR count). The van der Waals surface area contributed by atoms with E-state index in [1.165, 1.54) is 6.92 Å². The van der Waals surface area contributed by atoms with Crippen LogP contribution in [0.1, 0.15) is 19.4 Å². The molecule has 1 heterocycles. The third-order valence-electron chi connectivity index (χ3n) is 2.85. The maximum atomic E-state index is 11.2. The summed E-state index contributed by atoms with van der Waals surface area (Å²) < 4.78 is 5.48. The largest absolute Gasteiger partial charge is 0.476 e. The highest BCUT2D eigenvalue weighted by molar-refractivity contribution is 5.89. The minimum Gasteiger partial charge on any atom is -0.476 e. The summed E-state index contributed by atoms with van der Waals surface area (Å²) in [5.74, 6) is 0.496. The number of pyridine rings is 1. The zero-order valence-corrected chi connectivity index (χ0v) is 12.2. The molecule has 0 unspecified atom stereocenters. The molecule has 0 fully saturated rings. The molecule has 0 spiro atoms. The van der Waals surface area contributed by atoms with Crippen molar-refractivity contribution in [3.63, 3.8) is 0 Å². The zero-order chi connectivity index (χ0) is 15.1. The standard InChI is InChI=1S/C16H19N3O2/c1-3-21-16-15(9-6-10-17-16)18-11-13-7-4-5-8-14(13)19-12(2)20/h4-10,18H,3,11H2,1-2H3,(H,19,20). The molecule has 0 aliphatic heterocycles. The SMILES string of the molecule is CCOc1ncccc1NCc1ccccc1NC(C)=O. The van der Waals surface area contributed by atoms with Gasteiger partial charge in [0.25, 0.3) is 0 Å². The first kappa shape index (κ1) is 14.8. The molecule has 0 saturated heterocycles. The second kappa shape index (κ2) is 7.28. The number of aromatic nitrogens is 1. The first-order chi connectivity index (χ1) is 10.2. The maximum Gasteiger partial charge on any atom is 0.237 e. The van der Waals surface area contributed by atoms with Crippen molar-refractivity contribution >= 4 is 17.3 Å². The molecule has 0 aliphatic carbocycles. The topological polar surface area (TPSA) is 63.2 Å². The van der Waals surface area contributed by atoms with Crippen LogP contribution in [-0.4, -0.2) is 17.5 Å². The molecule has 0 saturated carbocycles. The Morgan fingerprint density at radius 3 is 2.71 bits per heavy atom. The van der Waals surface area contributed by atoms with Crippen LogP contribution < -0.4 is 15.4 Å². The van der Waals surface area contributed by atoms with Crippen molar-refractivity contribution in [3.05, 3.63) is 48.2 Å². The molecule has 5 nitrogen and oxygen atoms in total. The number of nitrogens with one attached hydrogen (secondary N) is 2. The highest BCUT2D eigenvalue weighted by Crippen LogP contribution is 2.23. The molecule has 1 aromatic heterocycles. The smallest absolute Gasteiger partial charge is 0.237 e. The number of rotatable bonds is 6. The summed E-state index contributed by atoms with van der Waals surface area (Å²) in [4.78, 5) is 15.4. The van der Waals surface area contributed by atoms with Crippen LogP contribution in [0, 0.1) is 0 Å². The van der Waals surface area contributed by atoms with Gasteiger partial charge in [0.2, 0.25) is 11.8 Å². The minimum absolute atomic E-state index is 0.0844. The number of ether oxygens (including phenoxy) is 1. The number of carbonyl (C=O) groups is 1. The number of nitrogens with zero attached hydrogens (tertiary/aromatic N) is 1. The van der Waals surface area contributed by atoms with Crippen LogP contribution in [0.5, 0.6) is 5.88 Å². The Balaban J connectivity index is 2.11. The second-order valence-corrected chi connectivity index (χ2v) is 4.48. The lowest BCUT2D eigenvalue weighted by Gasteiger charge is -2.13. The predicted octanol–water partition coefficient (Wildman–Crippen LogP) is 3.05. The van der Waals surface area contributed by atoms with Gasteiger partial charge in [0, 0.05) is 25.4 Å². The van der Waals surface area contributed by atoms with E-state index in [2.05, 4.69) is 15.6 Å². The fraction of sp³-hybridized carbons (Fsp3) is 0.250. The molecule has 0 atom stereocenters. The van der Waals surface area contributed by atoms with Crippen LogP contribution in [0.4, 0.5) is 11.4 Å². The van der Waals surface area contributed by atoms with Gasteiger partial charge in [-0.25, -0.2) is 4.98 Å². The van der Waals surface area contributed by atoms with E-state index in [4.69, 9.17) is 4.74 Å². The highest BCUT2D eigenvalue weighted by Gasteiger charge is 2.06. The Morgan fingerprint density at radius 1 is 1.19 bits per heavy atom. The van der Waals surface area contributed by atoms with Gasteiger partial charge in [0.05, 0.1) is 12.3 Å². The molecule has 1 aromatic carbocycles. The van der Waals surface area contributed by atoms with Gasteiger partial charge in [-0.05, 0) is 30.7 Å². The van der Waals surface area contributed by atoms with E-state index >= 15 is 0 Å². The first-order valence-corrected chi connectivity index (χ1v) is 6.88. The molecule has 2 aromatic rings. The summed E-state index contributed by atoms with van der Waals surface area (Å²) in [5.41, 5.74) is 2.63. The quantitative estimate of drug-likeness (QED) is 0.856. The van der Waals surface area contributed by atoms with Crippen molar-refractivity contribution in [1.29, 1.82) is 0 Å². The number of para-hydroxylation sites is 1. The van der Waals surface area contributed by atoms with E-state index in [0.29, 0.717) is 19.0 Å². The Morgan fingerprint density at radius 2 is 1.95 bits per heavy atom. The summed E-state index contributed by atoms with van der Waals surface area (Å²) in [6.45, 7) is 4.56. The van der Waals surface area contributed by atoms with E-state index in [1.807, 2.05) is 43.3 Å². The average Bonchev–Trinajstić information content (AvgIpc) is 2.47. The summed E-state index contributed by atoms with van der Waals surface area (Å²) in [5, 5.41) is 6.11. The summed E-state index contributed by atoms with van der Waals surface area (Å²) in [6, 6.07) is 11.4. The molecule has 1 amide bonds. The van der Waals surface area contributed by atoms with E-state index in [0.717, 1.165) is 16.9 Å². The molecular formula is C16H19N3O2. The van der Waals surface area contributed by atoms with Crippen LogP contribution in [0.3, 0.4) is 0 Å². The van der Waals surface area contributed by atoms with Crippen molar-refractivity contribution in [1.82, 2.24) is 4.98 Å². The lowest BCUT2D eigenvalue weighted by Crippen LogP contribution is -2.10. The molecule has 2 N–H and O–H groups in total. The van der Waals surface area contributed by atoms with E-state index in [-0.39, 0.29) is 5.91 Å². The van der Waals surface area contributed by atoms with E-state index in [9.17, 15) is 4.79 Å². The zero-order valence-electron chi connectivity index (χ0n) is 12.2. The highest BCUT2D eigenvalue weighted by atomic mass is 16.5. The monoisotopic (exact) mass is 285 g/mol. The lowest BCUT2D eigenvalue weighted by molar-refractivity contribution is -0.114. The van der Waals surface area contributed by atoms with Crippen molar-refractivity contribution < 1.29 is 9.53 Å². The Labute approximate surface area is 124 Å². The van der Waals surface area contributed by atoms with Crippen molar-refractivity contribution in [2.75, 3.05) is 17.2 Å². The molecule has 0 radical (unpaired) electrons. The van der Waals surface area contributed by atoms with Crippen molar-refractivity contribution in [2.45, 2.75) is 20.4 Å². The number of benzene rings is 1. The third kappa shape index (κ3) is 4.21. The number of amides is 1. The molecule has 5 heteroatoms. The molecule has 0 bridgehead atoms. The normalized spacial score (nSPS) is 10.0. The van der Waals surface area contributed by atoms with Crippen LogP contribution in [-0.2, 0) is 11.3 Å². The fourth-order valence-corrected chi connectivity index (χ4v) is 1.95. The van der Waals surface area contributed by atoms with Gasteiger partial charge in [0.1, 0.15) is 0 Å². The molecule has 21 heavy (non-hydrogen) atoms. The van der Waals surface area contributed by atoms with E-state index in [1.54, 1.807) is 6.20 Å². The van der Waals surface area contributed by atoms with Gasteiger partial charge < -0.3 is 15.4 Å². The predicted molar refractivity (Wildman–Crippen MR) is 83.5 cm³/mol. The summed E-state index contributed by atoms with van der Waals surface area (Å²) in [7, 11) is 0. The summed E-state index contributed by atoms with van der Waals surface area (Å²) >= 11 is 0. The van der Waals surface area contributed by atoms with Gasteiger partial charge in [-0.2, -0.15) is 0 Å². The number of hydrogen-bond acceptors (Lipinski definition) is 4. The van der Waals surface area contributed by atoms with Gasteiger partial charge in [-0.1, -0.05) is 18.2 Å². The maximum absolute atomic E-state index is 11.2. The number of anilines is 2. The van der Waals surface area contributed by atoms with Crippen LogP contribution in [0.2, 0.25) is 0 Å². The average molecular weight is 285 g/mol.